The summed E-state index contributed by atoms with van der Waals surface area (Å²) in [6, 6.07) is 0. The zero-order valence-corrected chi connectivity index (χ0v) is 6.86. The van der Waals surface area contributed by atoms with Crippen molar-refractivity contribution in [3.8, 4) is 0 Å². The van der Waals surface area contributed by atoms with Crippen LogP contribution in [0.4, 0.5) is 0 Å². The van der Waals surface area contributed by atoms with Crippen LogP contribution in [0.5, 0.6) is 0 Å². The number of carbonyl (C=O) groups is 1. The Bertz CT molecular complexity index is 231. The molecule has 0 aliphatic heterocycles. The first kappa shape index (κ1) is 9.58. The minimum Gasteiger partial charge on any atom is -0.278 e. The Kier molecular flexibility index (Phi) is 2.22. The van der Waals surface area contributed by atoms with E-state index in [-0.39, 0.29) is 0 Å². The van der Waals surface area contributed by atoms with Gasteiger partial charge in [-0.05, 0) is 0 Å². The van der Waals surface area contributed by atoms with Crippen molar-refractivity contribution in [3.05, 3.63) is 0 Å². The molecule has 0 aliphatic rings. The monoisotopic (exact) mass is 165 g/mol. The molecular weight excluding hydrogens is 156 g/mol. The Morgan fingerprint density at radius 2 is 1.50 bits per heavy atom. The smallest absolute Gasteiger partial charge is 0.278 e. The lowest BCUT2D eigenvalue weighted by atomic mass is 10.00. The SMILES string of the molecule is CC(C)(C)C(=O)S([O])(=O)=O. The van der Waals surface area contributed by atoms with Crippen LogP contribution in [0.1, 0.15) is 20.8 Å². The molecule has 0 amide bonds. The molecule has 0 fully saturated rings. The molecule has 0 saturated heterocycles. The third-order valence-electron chi connectivity index (χ3n) is 0.839. The van der Waals surface area contributed by atoms with Gasteiger partial charge in [0.1, 0.15) is 0 Å². The van der Waals surface area contributed by atoms with Crippen LogP contribution < -0.4 is 0 Å². The first-order valence-electron chi connectivity index (χ1n) is 2.66. The van der Waals surface area contributed by atoms with Crippen molar-refractivity contribution < 1.29 is 17.8 Å². The van der Waals surface area contributed by atoms with Crippen LogP contribution in [0.15, 0.2) is 0 Å². The minimum atomic E-state index is -4.75. The molecule has 0 unspecified atom stereocenters. The van der Waals surface area contributed by atoms with Gasteiger partial charge < -0.3 is 0 Å². The van der Waals surface area contributed by atoms with E-state index in [0.29, 0.717) is 0 Å². The van der Waals surface area contributed by atoms with Gasteiger partial charge >= 0.3 is 10.1 Å². The van der Waals surface area contributed by atoms with Gasteiger partial charge in [0.2, 0.25) is 0 Å². The highest BCUT2D eigenvalue weighted by atomic mass is 32.2. The van der Waals surface area contributed by atoms with Gasteiger partial charge in [-0.15, -0.1) is 0 Å². The van der Waals surface area contributed by atoms with Crippen LogP contribution >= 0.6 is 0 Å². The normalized spacial score (nSPS) is 13.2. The molecule has 0 heterocycles. The Hall–Kier alpha value is -0.420. The van der Waals surface area contributed by atoms with Gasteiger partial charge in [-0.3, -0.25) is 4.79 Å². The van der Waals surface area contributed by atoms with E-state index in [1.165, 1.54) is 20.8 Å². The lowest BCUT2D eigenvalue weighted by Gasteiger charge is -2.11. The second-order valence-corrected chi connectivity index (χ2v) is 4.27. The summed E-state index contributed by atoms with van der Waals surface area (Å²) in [7, 11) is -4.75. The van der Waals surface area contributed by atoms with Gasteiger partial charge in [0, 0.05) is 5.41 Å². The Morgan fingerprint density at radius 1 is 1.20 bits per heavy atom. The largest absolute Gasteiger partial charge is 0.358 e. The van der Waals surface area contributed by atoms with Gasteiger partial charge in [0.05, 0.1) is 0 Å². The zero-order chi connectivity index (χ0) is 8.58. The Balaban J connectivity index is 4.75. The van der Waals surface area contributed by atoms with Crippen molar-refractivity contribution in [3.63, 3.8) is 0 Å². The van der Waals surface area contributed by atoms with E-state index in [1.54, 1.807) is 0 Å². The van der Waals surface area contributed by atoms with Crippen LogP contribution in [0.25, 0.3) is 0 Å². The molecule has 1 radical (unpaired) electrons. The first-order chi connectivity index (χ1) is 4.15. The summed E-state index contributed by atoms with van der Waals surface area (Å²) in [5.41, 5.74) is -1.10. The van der Waals surface area contributed by atoms with E-state index in [9.17, 15) is 17.8 Å². The summed E-state index contributed by atoms with van der Waals surface area (Å²) in [5, 5.41) is -1.26. The molecule has 0 aromatic carbocycles. The molecule has 0 saturated carbocycles. The van der Waals surface area contributed by atoms with Gasteiger partial charge in [0.25, 0.3) is 5.12 Å². The average Bonchev–Trinajstić information content (AvgIpc) is 1.59. The Morgan fingerprint density at radius 3 is 1.50 bits per heavy atom. The van der Waals surface area contributed by atoms with Crippen LogP contribution in [-0.4, -0.2) is 13.5 Å². The van der Waals surface area contributed by atoms with Crippen LogP contribution in [0, 0.1) is 5.41 Å². The van der Waals surface area contributed by atoms with Gasteiger partial charge in [0.15, 0.2) is 0 Å². The summed E-state index contributed by atoms with van der Waals surface area (Å²) in [6.45, 7) is 4.14. The summed E-state index contributed by atoms with van der Waals surface area (Å²) < 4.78 is 30.2. The highest BCUT2D eigenvalue weighted by Gasteiger charge is 2.33. The van der Waals surface area contributed by atoms with Crippen LogP contribution in [0.3, 0.4) is 0 Å². The van der Waals surface area contributed by atoms with Gasteiger partial charge in [-0.1, -0.05) is 25.3 Å². The van der Waals surface area contributed by atoms with Crippen molar-refractivity contribution >= 4 is 15.2 Å². The maximum Gasteiger partial charge on any atom is 0.358 e. The summed E-state index contributed by atoms with van der Waals surface area (Å²) in [5.74, 6) is 0. The summed E-state index contributed by atoms with van der Waals surface area (Å²) in [4.78, 5) is 10.6. The van der Waals surface area contributed by atoms with Crippen LogP contribution in [-0.2, 0) is 19.5 Å². The van der Waals surface area contributed by atoms with Crippen LogP contribution in [0.2, 0.25) is 0 Å². The van der Waals surface area contributed by atoms with Gasteiger partial charge in [-0.2, -0.15) is 8.42 Å². The Labute approximate surface area is 60.0 Å². The lowest BCUT2D eigenvalue weighted by Crippen LogP contribution is -2.27. The highest BCUT2D eigenvalue weighted by molar-refractivity contribution is 8.01. The molecule has 10 heavy (non-hydrogen) atoms. The molecular formula is C5H9O4S. The highest BCUT2D eigenvalue weighted by Crippen LogP contribution is 2.17. The predicted octanol–water partition coefficient (Wildman–Crippen LogP) is 0.319. The molecule has 0 spiro atoms. The van der Waals surface area contributed by atoms with Gasteiger partial charge in [-0.25, -0.2) is 0 Å². The standard InChI is InChI=1S/C5H9O4S/c1-5(2,3)4(6)10(7,8)9/h1-3H3. The van der Waals surface area contributed by atoms with E-state index >= 15 is 0 Å². The number of hydrogen-bond donors (Lipinski definition) is 0. The van der Waals surface area contributed by atoms with E-state index in [1.807, 2.05) is 0 Å². The van der Waals surface area contributed by atoms with E-state index in [4.69, 9.17) is 0 Å². The molecule has 0 bridgehead atoms. The number of rotatable bonds is 0. The average molecular weight is 165 g/mol. The fourth-order valence-electron chi connectivity index (χ4n) is 0.375. The molecule has 5 heteroatoms. The number of hydrogen-bond acceptors (Lipinski definition) is 3. The fourth-order valence-corrected chi connectivity index (χ4v) is 1.12. The second-order valence-electron chi connectivity index (χ2n) is 2.99. The summed E-state index contributed by atoms with van der Waals surface area (Å²) in [6.07, 6.45) is 0. The third kappa shape index (κ3) is 2.45. The summed E-state index contributed by atoms with van der Waals surface area (Å²) >= 11 is 0. The number of carbonyl (C=O) groups excluding carboxylic acids is 1. The maximum atomic E-state index is 10.6. The molecule has 0 rings (SSSR count). The molecule has 0 N–H and O–H groups in total. The molecule has 0 aromatic rings. The maximum absolute atomic E-state index is 10.6. The predicted molar refractivity (Wildman–Crippen MR) is 34.1 cm³/mol. The third-order valence-corrected chi connectivity index (χ3v) is 1.91. The van der Waals surface area contributed by atoms with Crippen molar-refractivity contribution in [1.82, 2.24) is 0 Å². The fraction of sp³-hybridized carbons (Fsp3) is 0.800. The van der Waals surface area contributed by atoms with Crippen molar-refractivity contribution in [1.29, 1.82) is 0 Å². The van der Waals surface area contributed by atoms with Crippen molar-refractivity contribution in [2.45, 2.75) is 20.8 Å². The van der Waals surface area contributed by atoms with E-state index in [0.717, 1.165) is 0 Å². The molecule has 4 nitrogen and oxygen atoms in total. The molecule has 59 valence electrons. The second kappa shape index (κ2) is 2.32. The van der Waals surface area contributed by atoms with Crippen molar-refractivity contribution in [2.75, 3.05) is 0 Å². The molecule has 0 aliphatic carbocycles. The quantitative estimate of drug-likeness (QED) is 0.519. The van der Waals surface area contributed by atoms with E-state index in [2.05, 4.69) is 0 Å². The minimum absolute atomic E-state index is 1.10. The van der Waals surface area contributed by atoms with Crippen molar-refractivity contribution in [2.24, 2.45) is 5.41 Å². The molecule has 0 atom stereocenters. The topological polar surface area (TPSA) is 71.1 Å². The molecule has 0 aromatic heterocycles. The lowest BCUT2D eigenvalue weighted by molar-refractivity contribution is -0.119. The first-order valence-corrected chi connectivity index (χ1v) is 4.07. The zero-order valence-electron chi connectivity index (χ0n) is 6.04. The van der Waals surface area contributed by atoms with E-state index < -0.39 is 20.6 Å².